The van der Waals surface area contributed by atoms with Crippen LogP contribution in [0.5, 0.6) is 5.75 Å². The van der Waals surface area contributed by atoms with Gasteiger partial charge in [0.25, 0.3) is 0 Å². The molecule has 1 aromatic rings. The lowest BCUT2D eigenvalue weighted by Crippen LogP contribution is -2.34. The number of para-hydroxylation sites is 1. The zero-order valence-corrected chi connectivity index (χ0v) is 12.4. The molecule has 1 rings (SSSR count). The first kappa shape index (κ1) is 17.8. The third-order valence-electron chi connectivity index (χ3n) is 2.83. The number of ether oxygens (including phenoxy) is 2. The Morgan fingerprint density at radius 2 is 1.86 bits per heavy atom. The van der Waals surface area contributed by atoms with Crippen molar-refractivity contribution in [2.75, 3.05) is 6.54 Å². The predicted octanol–water partition coefficient (Wildman–Crippen LogP) is 0.752. The zero-order chi connectivity index (χ0) is 16.5. The molecule has 0 heterocycles. The van der Waals surface area contributed by atoms with E-state index in [4.69, 9.17) is 16.2 Å². The Morgan fingerprint density at radius 1 is 1.18 bits per heavy atom. The van der Waals surface area contributed by atoms with E-state index in [1.54, 1.807) is 12.1 Å². The lowest BCUT2D eigenvalue weighted by molar-refractivity contribution is -0.136. The summed E-state index contributed by atoms with van der Waals surface area (Å²) in [5, 5.41) is 0. The van der Waals surface area contributed by atoms with Crippen molar-refractivity contribution < 1.29 is 23.9 Å². The van der Waals surface area contributed by atoms with Crippen LogP contribution in [0.15, 0.2) is 24.3 Å². The highest BCUT2D eigenvalue weighted by Crippen LogP contribution is 2.20. The summed E-state index contributed by atoms with van der Waals surface area (Å²) >= 11 is 0. The van der Waals surface area contributed by atoms with E-state index in [0.717, 1.165) is 13.3 Å². The van der Waals surface area contributed by atoms with E-state index >= 15 is 0 Å². The Bertz CT molecular complexity index is 544. The molecule has 0 saturated heterocycles. The maximum absolute atomic E-state index is 11.9. The largest absolute Gasteiger partial charge is 0.424 e. The lowest BCUT2D eigenvalue weighted by Gasteiger charge is -2.13. The fourth-order valence-electron chi connectivity index (χ4n) is 1.72. The van der Waals surface area contributed by atoms with Crippen molar-refractivity contribution in [3.8, 4) is 5.75 Å². The number of carbonyl (C=O) groups excluding carboxylic acids is 3. The minimum Gasteiger partial charge on any atom is -0.424 e. The predicted molar refractivity (Wildman–Crippen MR) is 79.1 cm³/mol. The van der Waals surface area contributed by atoms with Crippen LogP contribution in [0.2, 0.25) is 0 Å². The molecule has 0 amide bonds. The topological polar surface area (TPSA) is 122 Å². The highest BCUT2D eigenvalue weighted by atomic mass is 16.6. The first-order valence-electron chi connectivity index (χ1n) is 6.94. The van der Waals surface area contributed by atoms with E-state index < -0.39 is 23.9 Å². The molecule has 120 valence electrons. The van der Waals surface area contributed by atoms with Crippen LogP contribution >= 0.6 is 0 Å². The van der Waals surface area contributed by atoms with Crippen LogP contribution in [-0.4, -0.2) is 30.5 Å². The molecule has 0 aliphatic heterocycles. The second-order valence-electron chi connectivity index (χ2n) is 4.69. The molecule has 7 nitrogen and oxygen atoms in total. The molecule has 7 heteroatoms. The molecule has 0 spiro atoms. The van der Waals surface area contributed by atoms with Crippen LogP contribution in [0.25, 0.3) is 0 Å². The summed E-state index contributed by atoms with van der Waals surface area (Å²) in [5.41, 5.74) is 11.1. The Balaban J connectivity index is 2.74. The van der Waals surface area contributed by atoms with Crippen LogP contribution in [0, 0.1) is 0 Å². The zero-order valence-electron chi connectivity index (χ0n) is 12.4. The molecule has 22 heavy (non-hydrogen) atoms. The molecule has 0 radical (unpaired) electrons. The minimum atomic E-state index is -0.882. The Labute approximate surface area is 128 Å². The summed E-state index contributed by atoms with van der Waals surface area (Å²) in [5.74, 6) is -2.27. The number of benzene rings is 1. The molecule has 0 aromatic heterocycles. The van der Waals surface area contributed by atoms with Gasteiger partial charge >= 0.3 is 17.9 Å². The van der Waals surface area contributed by atoms with Gasteiger partial charge in [0.1, 0.15) is 17.4 Å². The van der Waals surface area contributed by atoms with Crippen LogP contribution < -0.4 is 16.2 Å². The van der Waals surface area contributed by atoms with E-state index in [9.17, 15) is 14.4 Å². The summed E-state index contributed by atoms with van der Waals surface area (Å²) in [6.45, 7) is 1.64. The minimum absolute atomic E-state index is 0.00743. The summed E-state index contributed by atoms with van der Waals surface area (Å²) in [4.78, 5) is 34.5. The molecule has 0 bridgehead atoms. The molecule has 0 aliphatic rings. The van der Waals surface area contributed by atoms with Gasteiger partial charge in [-0.15, -0.1) is 0 Å². The van der Waals surface area contributed by atoms with E-state index in [2.05, 4.69) is 4.74 Å². The van der Waals surface area contributed by atoms with Crippen molar-refractivity contribution in [1.29, 1.82) is 0 Å². The fraction of sp³-hybridized carbons (Fsp3) is 0.400. The Kier molecular flexibility index (Phi) is 7.21. The molecular weight excluding hydrogens is 288 g/mol. The summed E-state index contributed by atoms with van der Waals surface area (Å²) in [7, 11) is 0. The van der Waals surface area contributed by atoms with Crippen molar-refractivity contribution in [1.82, 2.24) is 0 Å². The van der Waals surface area contributed by atoms with Crippen LogP contribution in [0.3, 0.4) is 0 Å². The standard InChI is InChI=1S/C15H20N2O5/c1-10(18)21-14(19)11-6-2-3-8-13(11)22-15(20)12(17)7-4-5-9-16/h2-3,6,8,12H,4-5,7,9,16-17H2,1H3/t12-/m0/s1. The van der Waals surface area contributed by atoms with Gasteiger partial charge in [-0.3, -0.25) is 4.79 Å². The molecule has 0 aliphatic carbocycles. The van der Waals surface area contributed by atoms with Gasteiger partial charge in [-0.1, -0.05) is 18.6 Å². The number of nitrogens with two attached hydrogens (primary N) is 2. The smallest absolute Gasteiger partial charge is 0.349 e. The maximum atomic E-state index is 11.9. The number of unbranched alkanes of at least 4 members (excludes halogenated alkanes) is 1. The average Bonchev–Trinajstić information content (AvgIpc) is 2.47. The van der Waals surface area contributed by atoms with Gasteiger partial charge in [0.05, 0.1) is 0 Å². The summed E-state index contributed by atoms with van der Waals surface area (Å²) < 4.78 is 9.62. The van der Waals surface area contributed by atoms with Crippen molar-refractivity contribution in [3.05, 3.63) is 29.8 Å². The summed E-state index contributed by atoms with van der Waals surface area (Å²) in [6.07, 6.45) is 1.92. The molecule has 1 atom stereocenters. The summed E-state index contributed by atoms with van der Waals surface area (Å²) in [6, 6.07) is 5.18. The SMILES string of the molecule is CC(=O)OC(=O)c1ccccc1OC(=O)[C@@H](N)CCCCN. The second kappa shape index (κ2) is 8.91. The Morgan fingerprint density at radius 3 is 2.50 bits per heavy atom. The number of rotatable bonds is 7. The van der Waals surface area contributed by atoms with Gasteiger partial charge in [0.15, 0.2) is 0 Å². The average molecular weight is 308 g/mol. The van der Waals surface area contributed by atoms with Crippen LogP contribution in [0.4, 0.5) is 0 Å². The monoisotopic (exact) mass is 308 g/mol. The first-order valence-corrected chi connectivity index (χ1v) is 6.94. The Hall–Kier alpha value is -2.25. The molecular formula is C15H20N2O5. The number of carbonyl (C=O) groups is 3. The molecule has 0 unspecified atom stereocenters. The van der Waals surface area contributed by atoms with E-state index in [0.29, 0.717) is 19.4 Å². The number of esters is 3. The molecule has 0 fully saturated rings. The number of hydrogen-bond donors (Lipinski definition) is 2. The van der Waals surface area contributed by atoms with Gasteiger partial charge < -0.3 is 20.9 Å². The molecule has 0 saturated carbocycles. The highest BCUT2D eigenvalue weighted by Gasteiger charge is 2.20. The van der Waals surface area contributed by atoms with Crippen molar-refractivity contribution >= 4 is 17.9 Å². The van der Waals surface area contributed by atoms with Gasteiger partial charge in [0.2, 0.25) is 0 Å². The molecule has 1 aromatic carbocycles. The van der Waals surface area contributed by atoms with E-state index in [1.807, 2.05) is 0 Å². The van der Waals surface area contributed by atoms with Gasteiger partial charge in [-0.05, 0) is 31.5 Å². The van der Waals surface area contributed by atoms with Crippen molar-refractivity contribution in [3.63, 3.8) is 0 Å². The first-order chi connectivity index (χ1) is 10.5. The third kappa shape index (κ3) is 5.63. The van der Waals surface area contributed by atoms with Crippen LogP contribution in [-0.2, 0) is 14.3 Å². The van der Waals surface area contributed by atoms with E-state index in [-0.39, 0.29) is 11.3 Å². The van der Waals surface area contributed by atoms with Gasteiger partial charge in [-0.2, -0.15) is 0 Å². The number of hydrogen-bond acceptors (Lipinski definition) is 7. The second-order valence-corrected chi connectivity index (χ2v) is 4.69. The van der Waals surface area contributed by atoms with Crippen molar-refractivity contribution in [2.24, 2.45) is 11.5 Å². The third-order valence-corrected chi connectivity index (χ3v) is 2.83. The lowest BCUT2D eigenvalue weighted by atomic mass is 10.1. The van der Waals surface area contributed by atoms with Gasteiger partial charge in [0, 0.05) is 6.92 Å². The quantitative estimate of drug-likeness (QED) is 0.330. The highest BCUT2D eigenvalue weighted by molar-refractivity contribution is 5.99. The van der Waals surface area contributed by atoms with E-state index in [1.165, 1.54) is 12.1 Å². The van der Waals surface area contributed by atoms with Crippen LogP contribution in [0.1, 0.15) is 36.5 Å². The normalized spacial score (nSPS) is 11.6. The maximum Gasteiger partial charge on any atom is 0.349 e. The van der Waals surface area contributed by atoms with Gasteiger partial charge in [-0.25, -0.2) is 9.59 Å². The molecule has 4 N–H and O–H groups in total. The van der Waals surface area contributed by atoms with Crippen molar-refractivity contribution in [2.45, 2.75) is 32.2 Å². The fourth-order valence-corrected chi connectivity index (χ4v) is 1.72.